The molecule has 1 fully saturated rings. The molecule has 1 atom stereocenters. The normalized spacial score (nSPS) is 16.9. The summed E-state index contributed by atoms with van der Waals surface area (Å²) in [6.45, 7) is 3.63. The molecule has 3 amide bonds. The number of amides is 3. The number of thioether (sulfide) groups is 1. The highest BCUT2D eigenvalue weighted by Gasteiger charge is 2.39. The Hall–Kier alpha value is -2.61. The minimum Gasteiger partial charge on any atom is -0.465 e. The van der Waals surface area contributed by atoms with E-state index in [4.69, 9.17) is 0 Å². The monoisotopic (exact) mass is 348 g/mol. The number of nitrogens with one attached hydrogen (secondary N) is 1. The molecular formula is C16H16N2O5S. The predicted octanol–water partition coefficient (Wildman–Crippen LogP) is 2.05. The van der Waals surface area contributed by atoms with Crippen LogP contribution < -0.4 is 5.32 Å². The topological polar surface area (TPSA) is 92.8 Å². The molecular weight excluding hydrogens is 332 g/mol. The zero-order valence-corrected chi connectivity index (χ0v) is 13.8. The summed E-state index contributed by atoms with van der Waals surface area (Å²) in [7, 11) is 1.28. The number of hydrogen-bond donors (Lipinski definition) is 1. The number of ether oxygens (including phenoxy) is 1. The second kappa shape index (κ2) is 7.78. The number of carbonyl (C=O) groups excluding carboxylic acids is 4. The van der Waals surface area contributed by atoms with Crippen molar-refractivity contribution < 1.29 is 23.9 Å². The molecule has 126 valence electrons. The number of methoxy groups -OCH3 is 1. The standard InChI is InChI=1S/C16H16N2O5S/c1-3-8-18-14(20)12(24-16(18)22)9-13(19)17-11-6-4-10(5-7-11)15(21)23-2/h3-7,12H,1,8-9H2,2H3,(H,17,19)/t12-/m1/s1. The van der Waals surface area contributed by atoms with Crippen molar-refractivity contribution in [2.24, 2.45) is 0 Å². The molecule has 0 aliphatic carbocycles. The summed E-state index contributed by atoms with van der Waals surface area (Å²) in [6, 6.07) is 6.16. The van der Waals surface area contributed by atoms with Crippen LogP contribution in [-0.2, 0) is 14.3 Å². The van der Waals surface area contributed by atoms with Crippen molar-refractivity contribution >= 4 is 40.5 Å². The van der Waals surface area contributed by atoms with Gasteiger partial charge in [0.25, 0.3) is 5.24 Å². The number of anilines is 1. The maximum atomic E-state index is 12.1. The molecule has 2 rings (SSSR count). The van der Waals surface area contributed by atoms with E-state index in [1.54, 1.807) is 12.1 Å². The first kappa shape index (κ1) is 17.7. The van der Waals surface area contributed by atoms with Crippen molar-refractivity contribution in [3.05, 3.63) is 42.5 Å². The van der Waals surface area contributed by atoms with E-state index in [0.717, 1.165) is 16.7 Å². The van der Waals surface area contributed by atoms with Crippen LogP contribution in [-0.4, -0.2) is 46.8 Å². The quantitative estimate of drug-likeness (QED) is 0.625. The molecule has 0 bridgehead atoms. The van der Waals surface area contributed by atoms with Crippen molar-refractivity contribution in [3.63, 3.8) is 0 Å². The van der Waals surface area contributed by atoms with Crippen LogP contribution in [0.15, 0.2) is 36.9 Å². The first-order valence-corrected chi connectivity index (χ1v) is 7.95. The third-order valence-electron chi connectivity index (χ3n) is 3.28. The molecule has 0 aromatic heterocycles. The van der Waals surface area contributed by atoms with Gasteiger partial charge in [-0.2, -0.15) is 0 Å². The van der Waals surface area contributed by atoms with Gasteiger partial charge in [-0.25, -0.2) is 4.79 Å². The maximum Gasteiger partial charge on any atom is 0.337 e. The van der Waals surface area contributed by atoms with Gasteiger partial charge in [-0.3, -0.25) is 19.3 Å². The molecule has 1 aliphatic heterocycles. The summed E-state index contributed by atoms with van der Waals surface area (Å²) in [6.07, 6.45) is 1.35. The van der Waals surface area contributed by atoms with Crippen LogP contribution in [0.25, 0.3) is 0 Å². The largest absolute Gasteiger partial charge is 0.465 e. The van der Waals surface area contributed by atoms with E-state index in [0.29, 0.717) is 11.3 Å². The molecule has 0 spiro atoms. The third kappa shape index (κ3) is 4.02. The van der Waals surface area contributed by atoms with E-state index >= 15 is 0 Å². The van der Waals surface area contributed by atoms with Crippen molar-refractivity contribution in [1.82, 2.24) is 4.90 Å². The lowest BCUT2D eigenvalue weighted by molar-refractivity contribution is -0.128. The van der Waals surface area contributed by atoms with Crippen LogP contribution in [0.4, 0.5) is 10.5 Å². The molecule has 7 nitrogen and oxygen atoms in total. The highest BCUT2D eigenvalue weighted by molar-refractivity contribution is 8.15. The minimum absolute atomic E-state index is 0.109. The fraction of sp³-hybridized carbons (Fsp3) is 0.250. The van der Waals surface area contributed by atoms with Crippen LogP contribution in [0.3, 0.4) is 0 Å². The smallest absolute Gasteiger partial charge is 0.337 e. The Labute approximate surface area is 143 Å². The lowest BCUT2D eigenvalue weighted by atomic mass is 10.2. The average molecular weight is 348 g/mol. The number of carbonyl (C=O) groups is 4. The van der Waals surface area contributed by atoms with Gasteiger partial charge < -0.3 is 10.1 Å². The van der Waals surface area contributed by atoms with Gasteiger partial charge >= 0.3 is 5.97 Å². The van der Waals surface area contributed by atoms with E-state index < -0.39 is 11.2 Å². The van der Waals surface area contributed by atoms with Crippen LogP contribution in [0.1, 0.15) is 16.8 Å². The number of esters is 1. The maximum absolute atomic E-state index is 12.1. The Morgan fingerprint density at radius 1 is 1.33 bits per heavy atom. The zero-order valence-electron chi connectivity index (χ0n) is 13.0. The van der Waals surface area contributed by atoms with E-state index in [2.05, 4.69) is 16.6 Å². The lowest BCUT2D eigenvalue weighted by Gasteiger charge is -2.11. The second-order valence-electron chi connectivity index (χ2n) is 4.93. The van der Waals surface area contributed by atoms with Crippen molar-refractivity contribution in [1.29, 1.82) is 0 Å². The highest BCUT2D eigenvalue weighted by atomic mass is 32.2. The Kier molecular flexibility index (Phi) is 5.75. The highest BCUT2D eigenvalue weighted by Crippen LogP contribution is 2.29. The first-order chi connectivity index (χ1) is 11.5. The summed E-state index contributed by atoms with van der Waals surface area (Å²) >= 11 is 0.838. The van der Waals surface area contributed by atoms with Crippen molar-refractivity contribution in [3.8, 4) is 0 Å². The van der Waals surface area contributed by atoms with Gasteiger partial charge in [-0.05, 0) is 24.3 Å². The second-order valence-corrected chi connectivity index (χ2v) is 6.09. The van der Waals surface area contributed by atoms with Crippen LogP contribution >= 0.6 is 11.8 Å². The Morgan fingerprint density at radius 3 is 2.58 bits per heavy atom. The molecule has 1 aliphatic rings. The minimum atomic E-state index is -0.730. The summed E-state index contributed by atoms with van der Waals surface area (Å²) in [5, 5.41) is 1.52. The molecule has 24 heavy (non-hydrogen) atoms. The summed E-state index contributed by atoms with van der Waals surface area (Å²) in [4.78, 5) is 48.2. The first-order valence-electron chi connectivity index (χ1n) is 7.07. The molecule has 0 unspecified atom stereocenters. The molecule has 1 saturated heterocycles. The third-order valence-corrected chi connectivity index (χ3v) is 4.35. The van der Waals surface area contributed by atoms with Gasteiger partial charge in [-0.15, -0.1) is 6.58 Å². The predicted molar refractivity (Wildman–Crippen MR) is 89.7 cm³/mol. The van der Waals surface area contributed by atoms with Gasteiger partial charge in [0.15, 0.2) is 0 Å². The number of rotatable bonds is 6. The zero-order chi connectivity index (χ0) is 17.7. The lowest BCUT2D eigenvalue weighted by Crippen LogP contribution is -2.33. The van der Waals surface area contributed by atoms with Gasteiger partial charge in [0.05, 0.1) is 12.7 Å². The van der Waals surface area contributed by atoms with Crippen LogP contribution in [0.2, 0.25) is 0 Å². The average Bonchev–Trinajstić information content (AvgIpc) is 2.82. The van der Waals surface area contributed by atoms with Crippen molar-refractivity contribution in [2.45, 2.75) is 11.7 Å². The summed E-state index contributed by atoms with van der Waals surface area (Å²) < 4.78 is 4.59. The van der Waals surface area contributed by atoms with E-state index in [-0.39, 0.29) is 30.0 Å². The van der Waals surface area contributed by atoms with Gasteiger partial charge in [0, 0.05) is 18.7 Å². The number of hydrogen-bond acceptors (Lipinski definition) is 6. The molecule has 1 aromatic rings. The SMILES string of the molecule is C=CCN1C(=O)S[C@H](CC(=O)Nc2ccc(C(=O)OC)cc2)C1=O. The molecule has 0 saturated carbocycles. The molecule has 1 aromatic carbocycles. The summed E-state index contributed by atoms with van der Waals surface area (Å²) in [5.41, 5.74) is 0.847. The van der Waals surface area contributed by atoms with E-state index in [1.807, 2.05) is 0 Å². The molecule has 8 heteroatoms. The summed E-state index contributed by atoms with van der Waals surface area (Å²) in [5.74, 6) is -1.25. The number of benzene rings is 1. The Balaban J connectivity index is 1.94. The molecule has 1 N–H and O–H groups in total. The van der Waals surface area contributed by atoms with Gasteiger partial charge in [-0.1, -0.05) is 17.8 Å². The molecule has 0 radical (unpaired) electrons. The van der Waals surface area contributed by atoms with E-state index in [1.165, 1.54) is 25.3 Å². The van der Waals surface area contributed by atoms with Gasteiger partial charge in [0.2, 0.25) is 11.8 Å². The molecule has 1 heterocycles. The van der Waals surface area contributed by atoms with Crippen LogP contribution in [0.5, 0.6) is 0 Å². The van der Waals surface area contributed by atoms with E-state index in [9.17, 15) is 19.2 Å². The number of nitrogens with zero attached hydrogens (tertiary/aromatic N) is 1. The Bertz CT molecular complexity index is 686. The number of imide groups is 1. The van der Waals surface area contributed by atoms with Crippen molar-refractivity contribution in [2.75, 3.05) is 19.0 Å². The fourth-order valence-electron chi connectivity index (χ4n) is 2.11. The Morgan fingerprint density at radius 2 is 2.00 bits per heavy atom. The fourth-order valence-corrected chi connectivity index (χ4v) is 3.11. The van der Waals surface area contributed by atoms with Gasteiger partial charge in [0.1, 0.15) is 5.25 Å². The van der Waals surface area contributed by atoms with Crippen LogP contribution in [0, 0.1) is 0 Å².